The molecule has 20 heavy (non-hydrogen) atoms. The van der Waals surface area contributed by atoms with Crippen LogP contribution in [-0.2, 0) is 0 Å². The number of hydrogen-bond donors (Lipinski definition) is 1. The van der Waals surface area contributed by atoms with Gasteiger partial charge in [-0.25, -0.2) is 0 Å². The molecule has 0 aliphatic heterocycles. The van der Waals surface area contributed by atoms with Crippen LogP contribution in [0, 0.1) is 6.92 Å². The Morgan fingerprint density at radius 3 is 2.35 bits per heavy atom. The molecule has 0 aliphatic rings. The van der Waals surface area contributed by atoms with Crippen LogP contribution in [0.3, 0.4) is 0 Å². The van der Waals surface area contributed by atoms with E-state index in [0.29, 0.717) is 5.02 Å². The molecule has 2 rings (SSSR count). The number of halogens is 2. The van der Waals surface area contributed by atoms with Crippen LogP contribution in [0.5, 0.6) is 5.75 Å². The highest BCUT2D eigenvalue weighted by Gasteiger charge is 2.16. The Labute approximate surface area is 129 Å². The van der Waals surface area contributed by atoms with Gasteiger partial charge in [0.2, 0.25) is 0 Å². The molecule has 0 radical (unpaired) electrons. The van der Waals surface area contributed by atoms with Crippen molar-refractivity contribution in [3.63, 3.8) is 0 Å². The first-order chi connectivity index (χ1) is 9.56. The number of hydrogen-bond acceptors (Lipinski definition) is 2. The second-order valence-corrected chi connectivity index (χ2v) is 5.43. The lowest BCUT2D eigenvalue weighted by molar-refractivity contribution is 0.414. The summed E-state index contributed by atoms with van der Waals surface area (Å²) in [5, 5.41) is 4.70. The van der Waals surface area contributed by atoms with Crippen LogP contribution in [0.25, 0.3) is 0 Å². The van der Waals surface area contributed by atoms with E-state index in [1.807, 2.05) is 44.3 Å². The molecule has 0 aromatic heterocycles. The highest BCUT2D eigenvalue weighted by Crippen LogP contribution is 2.32. The molecule has 0 heterocycles. The number of rotatable bonds is 4. The quantitative estimate of drug-likeness (QED) is 0.890. The lowest BCUT2D eigenvalue weighted by Gasteiger charge is -2.19. The fourth-order valence-electron chi connectivity index (χ4n) is 2.16. The summed E-state index contributed by atoms with van der Waals surface area (Å²) in [4.78, 5) is 0. The second-order valence-electron chi connectivity index (χ2n) is 4.62. The summed E-state index contributed by atoms with van der Waals surface area (Å²) in [6.07, 6.45) is 0. The summed E-state index contributed by atoms with van der Waals surface area (Å²) in [5.74, 6) is 0.746. The van der Waals surface area contributed by atoms with Crippen LogP contribution >= 0.6 is 23.2 Å². The Balaban J connectivity index is 2.43. The molecular weight excluding hydrogens is 293 g/mol. The van der Waals surface area contributed by atoms with Crippen LogP contribution in [0.4, 0.5) is 0 Å². The van der Waals surface area contributed by atoms with Crippen molar-refractivity contribution in [2.45, 2.75) is 13.0 Å². The fourth-order valence-corrected chi connectivity index (χ4v) is 2.63. The largest absolute Gasteiger partial charge is 0.497 e. The first-order valence-corrected chi connectivity index (χ1v) is 7.09. The first kappa shape index (κ1) is 15.2. The first-order valence-electron chi connectivity index (χ1n) is 6.33. The second kappa shape index (κ2) is 6.49. The maximum atomic E-state index is 6.35. The van der Waals surface area contributed by atoms with Gasteiger partial charge >= 0.3 is 0 Å². The standard InChI is InChI=1S/C16H17Cl2NO/c1-10-4-5-11(8-14(10)17)16(19-2)13-7-6-12(20-3)9-15(13)18/h4-9,16,19H,1-3H3. The van der Waals surface area contributed by atoms with Crippen molar-refractivity contribution in [2.75, 3.05) is 14.2 Å². The minimum Gasteiger partial charge on any atom is -0.497 e. The van der Waals surface area contributed by atoms with Crippen molar-refractivity contribution in [3.05, 3.63) is 63.1 Å². The van der Waals surface area contributed by atoms with Gasteiger partial charge in [-0.05, 0) is 48.9 Å². The Kier molecular flexibility index (Phi) is 4.92. The lowest BCUT2D eigenvalue weighted by atomic mass is 9.98. The molecule has 1 N–H and O–H groups in total. The summed E-state index contributed by atoms with van der Waals surface area (Å²) >= 11 is 12.6. The monoisotopic (exact) mass is 309 g/mol. The van der Waals surface area contributed by atoms with E-state index in [9.17, 15) is 0 Å². The van der Waals surface area contributed by atoms with Gasteiger partial charge in [0.15, 0.2) is 0 Å². The number of ether oxygens (including phenoxy) is 1. The van der Waals surface area contributed by atoms with E-state index in [2.05, 4.69) is 11.4 Å². The third-order valence-corrected chi connectivity index (χ3v) is 4.07. The van der Waals surface area contributed by atoms with Gasteiger partial charge in [-0.1, -0.05) is 41.4 Å². The Morgan fingerprint density at radius 2 is 1.80 bits per heavy atom. The molecule has 2 aromatic rings. The normalized spacial score (nSPS) is 12.2. The summed E-state index contributed by atoms with van der Waals surface area (Å²) in [6, 6.07) is 11.7. The highest BCUT2D eigenvalue weighted by molar-refractivity contribution is 6.32. The van der Waals surface area contributed by atoms with E-state index < -0.39 is 0 Å². The highest BCUT2D eigenvalue weighted by atomic mass is 35.5. The molecule has 0 saturated heterocycles. The molecule has 0 amide bonds. The van der Waals surface area contributed by atoms with Crippen LogP contribution in [-0.4, -0.2) is 14.2 Å². The molecular formula is C16H17Cl2NO. The van der Waals surface area contributed by atoms with Crippen LogP contribution in [0.2, 0.25) is 10.0 Å². The molecule has 0 fully saturated rings. The lowest BCUT2D eigenvalue weighted by Crippen LogP contribution is -2.18. The SMILES string of the molecule is CNC(c1ccc(C)c(Cl)c1)c1ccc(OC)cc1Cl. The maximum absolute atomic E-state index is 6.35. The zero-order valence-corrected chi connectivity index (χ0v) is 13.2. The van der Waals surface area contributed by atoms with Gasteiger partial charge in [-0.15, -0.1) is 0 Å². The predicted octanol–water partition coefficient (Wildman–Crippen LogP) is 4.62. The van der Waals surface area contributed by atoms with Gasteiger partial charge < -0.3 is 10.1 Å². The number of benzene rings is 2. The molecule has 0 aliphatic carbocycles. The van der Waals surface area contributed by atoms with Crippen molar-refractivity contribution in [3.8, 4) is 5.75 Å². The van der Waals surface area contributed by atoms with Crippen molar-refractivity contribution in [1.29, 1.82) is 0 Å². The van der Waals surface area contributed by atoms with Gasteiger partial charge in [-0.2, -0.15) is 0 Å². The summed E-state index contributed by atoms with van der Waals surface area (Å²) in [6.45, 7) is 1.99. The summed E-state index contributed by atoms with van der Waals surface area (Å²) < 4.78 is 5.18. The van der Waals surface area contributed by atoms with Crippen molar-refractivity contribution < 1.29 is 4.74 Å². The summed E-state index contributed by atoms with van der Waals surface area (Å²) in [7, 11) is 3.53. The zero-order chi connectivity index (χ0) is 14.7. The zero-order valence-electron chi connectivity index (χ0n) is 11.7. The third kappa shape index (κ3) is 3.09. The fraction of sp³-hybridized carbons (Fsp3) is 0.250. The average Bonchev–Trinajstić information content (AvgIpc) is 2.45. The van der Waals surface area contributed by atoms with Gasteiger partial charge in [-0.3, -0.25) is 0 Å². The van der Waals surface area contributed by atoms with E-state index in [1.165, 1.54) is 0 Å². The molecule has 1 atom stereocenters. The minimum absolute atomic E-state index is 0.00786. The molecule has 0 bridgehead atoms. The van der Waals surface area contributed by atoms with Crippen LogP contribution in [0.1, 0.15) is 22.7 Å². The van der Waals surface area contributed by atoms with Crippen LogP contribution < -0.4 is 10.1 Å². The Bertz CT molecular complexity index is 613. The van der Waals surface area contributed by atoms with Crippen molar-refractivity contribution in [2.24, 2.45) is 0 Å². The smallest absolute Gasteiger partial charge is 0.120 e. The Hall–Kier alpha value is -1.22. The molecule has 2 nitrogen and oxygen atoms in total. The van der Waals surface area contributed by atoms with Gasteiger partial charge in [0.05, 0.1) is 13.2 Å². The van der Waals surface area contributed by atoms with Gasteiger partial charge in [0, 0.05) is 10.0 Å². The Morgan fingerprint density at radius 1 is 1.05 bits per heavy atom. The predicted molar refractivity (Wildman–Crippen MR) is 85.1 cm³/mol. The molecule has 1 unspecified atom stereocenters. The molecule has 0 spiro atoms. The van der Waals surface area contributed by atoms with Crippen molar-refractivity contribution in [1.82, 2.24) is 5.32 Å². The molecule has 0 saturated carbocycles. The number of aryl methyl sites for hydroxylation is 1. The van der Waals surface area contributed by atoms with E-state index >= 15 is 0 Å². The molecule has 4 heteroatoms. The summed E-state index contributed by atoms with van der Waals surface area (Å²) in [5.41, 5.74) is 3.14. The van der Waals surface area contributed by atoms with Crippen LogP contribution in [0.15, 0.2) is 36.4 Å². The van der Waals surface area contributed by atoms with E-state index in [0.717, 1.165) is 27.5 Å². The third-order valence-electron chi connectivity index (χ3n) is 3.34. The van der Waals surface area contributed by atoms with Gasteiger partial charge in [0.25, 0.3) is 0 Å². The van der Waals surface area contributed by atoms with E-state index in [4.69, 9.17) is 27.9 Å². The van der Waals surface area contributed by atoms with Crippen molar-refractivity contribution >= 4 is 23.2 Å². The van der Waals surface area contributed by atoms with E-state index in [1.54, 1.807) is 7.11 Å². The molecule has 106 valence electrons. The van der Waals surface area contributed by atoms with E-state index in [-0.39, 0.29) is 6.04 Å². The van der Waals surface area contributed by atoms with Gasteiger partial charge in [0.1, 0.15) is 5.75 Å². The molecule has 2 aromatic carbocycles. The topological polar surface area (TPSA) is 21.3 Å². The number of methoxy groups -OCH3 is 1. The average molecular weight is 310 g/mol. The maximum Gasteiger partial charge on any atom is 0.120 e. The number of nitrogens with one attached hydrogen (secondary N) is 1. The minimum atomic E-state index is -0.00786.